The van der Waals surface area contributed by atoms with Crippen molar-refractivity contribution in [2.75, 3.05) is 6.54 Å². The standard InChI is InChI=1S/C27H36Cl2N2O2/c1-6-16-30-26(33)24(7-2)31(18-20-10-14-22(28)23(29)17-20)25(32)15-11-19-8-12-21(13-9-19)27(3,4)5/h8-10,12-14,17,24H,6-7,11,15-16,18H2,1-5H3,(H,30,33)/t24-/m0/s1. The van der Waals surface area contributed by atoms with Gasteiger partial charge in [-0.05, 0) is 53.5 Å². The normalized spacial score (nSPS) is 12.3. The minimum Gasteiger partial charge on any atom is -0.354 e. The Morgan fingerprint density at radius 2 is 1.61 bits per heavy atom. The molecule has 6 heteroatoms. The van der Waals surface area contributed by atoms with Crippen LogP contribution in [0.15, 0.2) is 42.5 Å². The summed E-state index contributed by atoms with van der Waals surface area (Å²) in [7, 11) is 0. The Morgan fingerprint density at radius 3 is 2.15 bits per heavy atom. The Labute approximate surface area is 208 Å². The Kier molecular flexibility index (Phi) is 10.2. The van der Waals surface area contributed by atoms with E-state index in [0.717, 1.165) is 17.5 Å². The summed E-state index contributed by atoms with van der Waals surface area (Å²) in [4.78, 5) is 27.9. The highest BCUT2D eigenvalue weighted by Gasteiger charge is 2.28. The second-order valence-electron chi connectivity index (χ2n) is 9.43. The molecule has 0 unspecified atom stereocenters. The van der Waals surface area contributed by atoms with Gasteiger partial charge in [0.1, 0.15) is 6.04 Å². The highest BCUT2D eigenvalue weighted by atomic mass is 35.5. The van der Waals surface area contributed by atoms with Crippen LogP contribution in [0.1, 0.15) is 70.6 Å². The Hall–Kier alpha value is -2.04. The number of benzene rings is 2. The van der Waals surface area contributed by atoms with Crippen molar-refractivity contribution in [1.29, 1.82) is 0 Å². The third kappa shape index (κ3) is 8.04. The molecule has 0 radical (unpaired) electrons. The van der Waals surface area contributed by atoms with Gasteiger partial charge in [0.25, 0.3) is 0 Å². The van der Waals surface area contributed by atoms with Crippen LogP contribution >= 0.6 is 23.2 Å². The second-order valence-corrected chi connectivity index (χ2v) is 10.2. The van der Waals surface area contributed by atoms with Crippen LogP contribution in [-0.4, -0.2) is 29.3 Å². The van der Waals surface area contributed by atoms with Crippen LogP contribution in [0.5, 0.6) is 0 Å². The lowest BCUT2D eigenvalue weighted by Crippen LogP contribution is -2.49. The first-order valence-electron chi connectivity index (χ1n) is 11.7. The smallest absolute Gasteiger partial charge is 0.242 e. The minimum absolute atomic E-state index is 0.0560. The maximum atomic E-state index is 13.4. The first-order chi connectivity index (χ1) is 15.6. The van der Waals surface area contributed by atoms with E-state index in [2.05, 4.69) is 50.4 Å². The van der Waals surface area contributed by atoms with Crippen LogP contribution in [0.4, 0.5) is 0 Å². The summed E-state index contributed by atoms with van der Waals surface area (Å²) in [5.41, 5.74) is 3.30. The molecular weight excluding hydrogens is 455 g/mol. The van der Waals surface area contributed by atoms with E-state index in [9.17, 15) is 9.59 Å². The van der Waals surface area contributed by atoms with Crippen LogP contribution in [-0.2, 0) is 28.0 Å². The molecule has 0 fully saturated rings. The molecule has 0 heterocycles. The van der Waals surface area contributed by atoms with Gasteiger partial charge in [-0.25, -0.2) is 0 Å². The number of rotatable bonds is 10. The number of carbonyl (C=O) groups is 2. The predicted molar refractivity (Wildman–Crippen MR) is 138 cm³/mol. The van der Waals surface area contributed by atoms with E-state index in [0.29, 0.717) is 42.4 Å². The number of aryl methyl sites for hydroxylation is 1. The first kappa shape index (κ1) is 27.2. The average Bonchev–Trinajstić information content (AvgIpc) is 2.77. The van der Waals surface area contributed by atoms with Gasteiger partial charge in [0.15, 0.2) is 0 Å². The molecule has 33 heavy (non-hydrogen) atoms. The third-order valence-electron chi connectivity index (χ3n) is 5.72. The van der Waals surface area contributed by atoms with Crippen molar-refractivity contribution in [3.63, 3.8) is 0 Å². The quantitative estimate of drug-likeness (QED) is 0.409. The average molecular weight is 492 g/mol. The number of carbonyl (C=O) groups excluding carboxylic acids is 2. The van der Waals surface area contributed by atoms with Crippen molar-refractivity contribution in [1.82, 2.24) is 10.2 Å². The van der Waals surface area contributed by atoms with E-state index in [1.807, 2.05) is 19.9 Å². The maximum absolute atomic E-state index is 13.4. The highest BCUT2D eigenvalue weighted by molar-refractivity contribution is 6.42. The van der Waals surface area contributed by atoms with E-state index < -0.39 is 6.04 Å². The molecular formula is C27H36Cl2N2O2. The van der Waals surface area contributed by atoms with Crippen LogP contribution in [0.25, 0.3) is 0 Å². The van der Waals surface area contributed by atoms with Crippen LogP contribution < -0.4 is 5.32 Å². The summed E-state index contributed by atoms with van der Waals surface area (Å²) in [6.07, 6.45) is 2.32. The van der Waals surface area contributed by atoms with Gasteiger partial charge in [-0.2, -0.15) is 0 Å². The fourth-order valence-electron chi connectivity index (χ4n) is 3.69. The molecule has 0 bridgehead atoms. The molecule has 2 aromatic carbocycles. The minimum atomic E-state index is -0.540. The predicted octanol–water partition coefficient (Wildman–Crippen LogP) is 6.56. The van der Waals surface area contributed by atoms with Crippen LogP contribution in [0, 0.1) is 0 Å². The first-order valence-corrected chi connectivity index (χ1v) is 12.4. The van der Waals surface area contributed by atoms with Crippen LogP contribution in [0.2, 0.25) is 10.0 Å². The van der Waals surface area contributed by atoms with Gasteiger partial charge >= 0.3 is 0 Å². The number of hydrogen-bond acceptors (Lipinski definition) is 2. The molecule has 0 aromatic heterocycles. The fourth-order valence-corrected chi connectivity index (χ4v) is 4.01. The fraction of sp³-hybridized carbons (Fsp3) is 0.481. The topological polar surface area (TPSA) is 49.4 Å². The van der Waals surface area contributed by atoms with Gasteiger partial charge < -0.3 is 10.2 Å². The van der Waals surface area contributed by atoms with Gasteiger partial charge in [0.2, 0.25) is 11.8 Å². The molecule has 180 valence electrons. The second kappa shape index (κ2) is 12.4. The molecule has 4 nitrogen and oxygen atoms in total. The van der Waals surface area contributed by atoms with E-state index in [1.54, 1.807) is 17.0 Å². The SMILES string of the molecule is CCCNC(=O)[C@H](CC)N(Cc1ccc(Cl)c(Cl)c1)C(=O)CCc1ccc(C(C)(C)C)cc1. The zero-order chi connectivity index (χ0) is 24.6. The summed E-state index contributed by atoms with van der Waals surface area (Å²) >= 11 is 12.2. The number of hydrogen-bond donors (Lipinski definition) is 1. The molecule has 0 saturated heterocycles. The highest BCUT2D eigenvalue weighted by Crippen LogP contribution is 2.25. The molecule has 2 aromatic rings. The molecule has 2 amide bonds. The van der Waals surface area contributed by atoms with E-state index in [1.165, 1.54) is 5.56 Å². The van der Waals surface area contributed by atoms with E-state index >= 15 is 0 Å². The number of amides is 2. The van der Waals surface area contributed by atoms with Crippen molar-refractivity contribution in [3.8, 4) is 0 Å². The molecule has 1 atom stereocenters. The Bertz CT molecular complexity index is 936. The molecule has 2 rings (SSSR count). The monoisotopic (exact) mass is 490 g/mol. The number of nitrogens with one attached hydrogen (secondary N) is 1. The lowest BCUT2D eigenvalue weighted by molar-refractivity contribution is -0.141. The largest absolute Gasteiger partial charge is 0.354 e. The van der Waals surface area contributed by atoms with Gasteiger partial charge in [-0.15, -0.1) is 0 Å². The molecule has 0 aliphatic heterocycles. The van der Waals surface area contributed by atoms with E-state index in [4.69, 9.17) is 23.2 Å². The number of halogens is 2. The summed E-state index contributed by atoms with van der Waals surface area (Å²) in [5.74, 6) is -0.179. The summed E-state index contributed by atoms with van der Waals surface area (Å²) in [5, 5.41) is 3.84. The lowest BCUT2D eigenvalue weighted by Gasteiger charge is -2.31. The lowest BCUT2D eigenvalue weighted by atomic mass is 9.86. The zero-order valence-electron chi connectivity index (χ0n) is 20.4. The molecule has 0 aliphatic rings. The molecule has 0 aliphatic carbocycles. The maximum Gasteiger partial charge on any atom is 0.242 e. The molecule has 1 N–H and O–H groups in total. The van der Waals surface area contributed by atoms with Crippen molar-refractivity contribution >= 4 is 35.0 Å². The van der Waals surface area contributed by atoms with Crippen molar-refractivity contribution in [2.24, 2.45) is 0 Å². The number of nitrogens with zero attached hydrogens (tertiary/aromatic N) is 1. The van der Waals surface area contributed by atoms with Crippen molar-refractivity contribution in [3.05, 3.63) is 69.2 Å². The van der Waals surface area contributed by atoms with Crippen molar-refractivity contribution in [2.45, 2.75) is 78.3 Å². The van der Waals surface area contributed by atoms with Gasteiger partial charge in [0, 0.05) is 19.5 Å². The van der Waals surface area contributed by atoms with Gasteiger partial charge in [-0.1, -0.05) is 88.2 Å². The van der Waals surface area contributed by atoms with Crippen molar-refractivity contribution < 1.29 is 9.59 Å². The Morgan fingerprint density at radius 1 is 0.970 bits per heavy atom. The van der Waals surface area contributed by atoms with Crippen LogP contribution in [0.3, 0.4) is 0 Å². The summed E-state index contributed by atoms with van der Waals surface area (Å²) in [6.45, 7) is 11.4. The van der Waals surface area contributed by atoms with Gasteiger partial charge in [0.05, 0.1) is 10.0 Å². The third-order valence-corrected chi connectivity index (χ3v) is 6.46. The van der Waals surface area contributed by atoms with E-state index in [-0.39, 0.29) is 17.2 Å². The summed E-state index contributed by atoms with van der Waals surface area (Å²) < 4.78 is 0. The molecule has 0 saturated carbocycles. The zero-order valence-corrected chi connectivity index (χ0v) is 21.9. The van der Waals surface area contributed by atoms with Gasteiger partial charge in [-0.3, -0.25) is 9.59 Å². The molecule has 0 spiro atoms. The summed E-state index contributed by atoms with van der Waals surface area (Å²) in [6, 6.07) is 13.2. The Balaban J connectivity index is 2.20.